The van der Waals surface area contributed by atoms with Gasteiger partial charge in [-0.1, -0.05) is 6.07 Å². The van der Waals surface area contributed by atoms with Gasteiger partial charge in [-0.3, -0.25) is 4.57 Å². The number of esters is 1. The van der Waals surface area contributed by atoms with Crippen molar-refractivity contribution in [2.24, 2.45) is 7.05 Å². The Bertz CT molecular complexity index is 1020. The number of nitrogens with zero attached hydrogens (tertiary/aromatic N) is 6. The maximum absolute atomic E-state index is 12.2. The summed E-state index contributed by atoms with van der Waals surface area (Å²) in [6, 6.07) is 5.37. The molecule has 4 aromatic heterocycles. The van der Waals surface area contributed by atoms with Gasteiger partial charge >= 0.3 is 5.97 Å². The van der Waals surface area contributed by atoms with Gasteiger partial charge in [0.25, 0.3) is 0 Å². The molecule has 0 unspecified atom stereocenters. The summed E-state index contributed by atoms with van der Waals surface area (Å²) < 4.78 is 8.91. The van der Waals surface area contributed by atoms with E-state index in [1.54, 1.807) is 40.2 Å². The lowest BCUT2D eigenvalue weighted by molar-refractivity contribution is 0.0472. The molecule has 0 N–H and O–H groups in total. The van der Waals surface area contributed by atoms with Crippen LogP contribution in [0.4, 0.5) is 0 Å². The second kappa shape index (κ2) is 6.16. The fourth-order valence-electron chi connectivity index (χ4n) is 2.41. The van der Waals surface area contributed by atoms with Crippen molar-refractivity contribution in [3.8, 4) is 5.82 Å². The Balaban J connectivity index is 1.44. The third-order valence-electron chi connectivity index (χ3n) is 3.74. The van der Waals surface area contributed by atoms with Crippen molar-refractivity contribution in [1.29, 1.82) is 0 Å². The lowest BCUT2D eigenvalue weighted by Crippen LogP contribution is -2.06. The zero-order valence-corrected chi connectivity index (χ0v) is 13.4. The molecule has 0 aliphatic rings. The molecular formula is C17H14N6O2. The summed E-state index contributed by atoms with van der Waals surface area (Å²) in [6.45, 7) is 0.135. The van der Waals surface area contributed by atoms with E-state index in [9.17, 15) is 4.79 Å². The van der Waals surface area contributed by atoms with E-state index in [0.29, 0.717) is 11.1 Å². The topological polar surface area (TPSA) is 87.7 Å². The van der Waals surface area contributed by atoms with Crippen molar-refractivity contribution in [3.63, 3.8) is 0 Å². The number of rotatable bonds is 4. The molecule has 0 fully saturated rings. The van der Waals surface area contributed by atoms with E-state index in [2.05, 4.69) is 19.9 Å². The van der Waals surface area contributed by atoms with Gasteiger partial charge in [-0.25, -0.2) is 24.7 Å². The average Bonchev–Trinajstić information content (AvgIpc) is 3.30. The standard InChI is InChI=1S/C17H14N6O2/c1-22-11-21-14-6-13(8-20-16(14)22)17(24)25-9-12-2-3-15(19-7-12)23-5-4-18-10-23/h2-8,10-11H,9H2,1H3. The molecule has 8 heteroatoms. The monoisotopic (exact) mass is 334 g/mol. The molecule has 0 aromatic carbocycles. The van der Waals surface area contributed by atoms with E-state index in [0.717, 1.165) is 17.0 Å². The van der Waals surface area contributed by atoms with Crippen molar-refractivity contribution in [2.45, 2.75) is 6.61 Å². The first-order valence-electron chi connectivity index (χ1n) is 7.58. The minimum atomic E-state index is -0.446. The minimum Gasteiger partial charge on any atom is -0.457 e. The molecule has 0 saturated heterocycles. The predicted octanol–water partition coefficient (Wildman–Crippen LogP) is 1.91. The maximum Gasteiger partial charge on any atom is 0.340 e. The Morgan fingerprint density at radius 1 is 1.16 bits per heavy atom. The molecule has 0 spiro atoms. The Morgan fingerprint density at radius 2 is 2.08 bits per heavy atom. The van der Waals surface area contributed by atoms with Crippen LogP contribution >= 0.6 is 0 Å². The number of fused-ring (bicyclic) bond motifs is 1. The van der Waals surface area contributed by atoms with Crippen molar-refractivity contribution in [3.05, 3.63) is 66.8 Å². The first kappa shape index (κ1) is 15.0. The zero-order chi connectivity index (χ0) is 17.2. The molecule has 124 valence electrons. The van der Waals surface area contributed by atoms with Gasteiger partial charge in [0.1, 0.15) is 24.3 Å². The fourth-order valence-corrected chi connectivity index (χ4v) is 2.41. The van der Waals surface area contributed by atoms with Gasteiger partial charge < -0.3 is 9.30 Å². The average molecular weight is 334 g/mol. The van der Waals surface area contributed by atoms with Crippen LogP contribution < -0.4 is 0 Å². The molecule has 4 aromatic rings. The summed E-state index contributed by atoms with van der Waals surface area (Å²) in [7, 11) is 1.85. The number of ether oxygens (including phenoxy) is 1. The largest absolute Gasteiger partial charge is 0.457 e. The number of hydrogen-bond donors (Lipinski definition) is 0. The van der Waals surface area contributed by atoms with Crippen LogP contribution in [0.1, 0.15) is 15.9 Å². The molecule has 0 radical (unpaired) electrons. The van der Waals surface area contributed by atoms with E-state index in [1.165, 1.54) is 6.20 Å². The summed E-state index contributed by atoms with van der Waals surface area (Å²) in [4.78, 5) is 28.9. The zero-order valence-electron chi connectivity index (χ0n) is 13.4. The number of carbonyl (C=O) groups is 1. The Morgan fingerprint density at radius 3 is 2.84 bits per heavy atom. The Kier molecular flexibility index (Phi) is 3.70. The van der Waals surface area contributed by atoms with E-state index >= 15 is 0 Å². The summed E-state index contributed by atoms with van der Waals surface area (Å²) in [5.74, 6) is 0.302. The lowest BCUT2D eigenvalue weighted by atomic mass is 10.2. The Hall–Kier alpha value is -3.55. The SMILES string of the molecule is Cn1cnc2cc(C(=O)OCc3ccc(-n4ccnc4)nc3)cnc21. The van der Waals surface area contributed by atoms with Crippen LogP contribution in [-0.4, -0.2) is 35.0 Å². The maximum atomic E-state index is 12.2. The van der Waals surface area contributed by atoms with Crippen molar-refractivity contribution < 1.29 is 9.53 Å². The van der Waals surface area contributed by atoms with Crippen molar-refractivity contribution >= 4 is 17.1 Å². The van der Waals surface area contributed by atoms with E-state index in [-0.39, 0.29) is 6.61 Å². The molecule has 4 heterocycles. The molecule has 8 nitrogen and oxygen atoms in total. The van der Waals surface area contributed by atoms with Gasteiger partial charge in [-0.15, -0.1) is 0 Å². The third-order valence-corrected chi connectivity index (χ3v) is 3.74. The molecule has 0 amide bonds. The van der Waals surface area contributed by atoms with Crippen LogP contribution in [0.5, 0.6) is 0 Å². The summed E-state index contributed by atoms with van der Waals surface area (Å²) >= 11 is 0. The number of pyridine rings is 2. The Labute approximate surface area is 142 Å². The van der Waals surface area contributed by atoms with Gasteiger partial charge in [0.15, 0.2) is 5.65 Å². The molecular weight excluding hydrogens is 320 g/mol. The van der Waals surface area contributed by atoms with Crippen LogP contribution in [0.15, 0.2) is 55.6 Å². The van der Waals surface area contributed by atoms with Crippen LogP contribution in [-0.2, 0) is 18.4 Å². The normalized spacial score (nSPS) is 10.9. The van der Waals surface area contributed by atoms with E-state index in [4.69, 9.17) is 4.74 Å². The number of aromatic nitrogens is 6. The smallest absolute Gasteiger partial charge is 0.340 e. The van der Waals surface area contributed by atoms with Gasteiger partial charge in [0.2, 0.25) is 0 Å². The highest BCUT2D eigenvalue weighted by molar-refractivity contribution is 5.92. The second-order valence-corrected chi connectivity index (χ2v) is 5.49. The van der Waals surface area contributed by atoms with E-state index < -0.39 is 5.97 Å². The summed E-state index contributed by atoms with van der Waals surface area (Å²) in [5, 5.41) is 0. The molecule has 0 aliphatic heterocycles. The van der Waals surface area contributed by atoms with Gasteiger partial charge in [-0.05, 0) is 12.1 Å². The third kappa shape index (κ3) is 2.97. The van der Waals surface area contributed by atoms with Gasteiger partial charge in [-0.2, -0.15) is 0 Å². The van der Waals surface area contributed by atoms with Gasteiger partial charge in [0.05, 0.1) is 11.9 Å². The fraction of sp³-hybridized carbons (Fsp3) is 0.118. The molecule has 0 saturated carbocycles. The predicted molar refractivity (Wildman–Crippen MR) is 89.0 cm³/mol. The van der Waals surface area contributed by atoms with Crippen LogP contribution in [0, 0.1) is 0 Å². The summed E-state index contributed by atoms with van der Waals surface area (Å²) in [5.41, 5.74) is 2.54. The molecule has 4 rings (SSSR count). The van der Waals surface area contributed by atoms with E-state index in [1.807, 2.05) is 25.4 Å². The molecule has 0 atom stereocenters. The highest BCUT2D eigenvalue weighted by Gasteiger charge is 2.11. The van der Waals surface area contributed by atoms with Crippen LogP contribution in [0.25, 0.3) is 17.0 Å². The lowest BCUT2D eigenvalue weighted by Gasteiger charge is -2.06. The van der Waals surface area contributed by atoms with Gasteiger partial charge in [0, 0.05) is 37.4 Å². The molecule has 25 heavy (non-hydrogen) atoms. The van der Waals surface area contributed by atoms with Crippen molar-refractivity contribution in [2.75, 3.05) is 0 Å². The quantitative estimate of drug-likeness (QED) is 0.530. The number of aryl methyl sites for hydroxylation is 1. The minimum absolute atomic E-state index is 0.135. The van der Waals surface area contributed by atoms with Crippen LogP contribution in [0.2, 0.25) is 0 Å². The molecule has 0 aliphatic carbocycles. The van der Waals surface area contributed by atoms with Crippen molar-refractivity contribution in [1.82, 2.24) is 29.1 Å². The first-order chi connectivity index (χ1) is 12.2. The number of hydrogen-bond acceptors (Lipinski definition) is 6. The highest BCUT2D eigenvalue weighted by atomic mass is 16.5. The highest BCUT2D eigenvalue weighted by Crippen LogP contribution is 2.13. The second-order valence-electron chi connectivity index (χ2n) is 5.49. The first-order valence-corrected chi connectivity index (χ1v) is 7.58. The van der Waals surface area contributed by atoms with Crippen LogP contribution in [0.3, 0.4) is 0 Å². The number of imidazole rings is 2. The summed E-state index contributed by atoms with van der Waals surface area (Å²) in [6.07, 6.45) is 9.98. The number of carbonyl (C=O) groups excluding carboxylic acids is 1. The molecule has 0 bridgehead atoms.